The number of hydrogen-bond acceptors (Lipinski definition) is 4. The SMILES string of the molecule is Cc1ccc(CNC(=O)Nc2sc3c(c2C(N)=O)CCOC3)cc1. The van der Waals surface area contributed by atoms with Gasteiger partial charge in [0.2, 0.25) is 0 Å². The number of carbonyl (C=O) groups is 2. The predicted octanol–water partition coefficient (Wildman–Crippen LogP) is 2.55. The van der Waals surface area contributed by atoms with E-state index in [1.54, 1.807) is 0 Å². The highest BCUT2D eigenvalue weighted by atomic mass is 32.1. The minimum Gasteiger partial charge on any atom is -0.376 e. The molecule has 1 aromatic carbocycles. The summed E-state index contributed by atoms with van der Waals surface area (Å²) in [7, 11) is 0. The molecule has 0 unspecified atom stereocenters. The summed E-state index contributed by atoms with van der Waals surface area (Å²) in [6, 6.07) is 7.55. The Morgan fingerprint density at radius 1 is 1.29 bits per heavy atom. The molecule has 0 radical (unpaired) electrons. The first-order chi connectivity index (χ1) is 11.5. The lowest BCUT2D eigenvalue weighted by molar-refractivity contribution is 0.0991. The van der Waals surface area contributed by atoms with Gasteiger partial charge in [-0.15, -0.1) is 11.3 Å². The number of carbonyl (C=O) groups excluding carboxylic acids is 2. The van der Waals surface area contributed by atoms with Crippen molar-refractivity contribution in [3.05, 3.63) is 51.4 Å². The number of nitrogens with one attached hydrogen (secondary N) is 2. The fourth-order valence-corrected chi connectivity index (χ4v) is 3.80. The van der Waals surface area contributed by atoms with Crippen LogP contribution in [0, 0.1) is 6.92 Å². The number of aryl methyl sites for hydroxylation is 1. The normalized spacial score (nSPS) is 13.2. The molecule has 0 spiro atoms. The number of urea groups is 1. The molecule has 2 aromatic rings. The Balaban J connectivity index is 1.69. The van der Waals surface area contributed by atoms with Crippen molar-refractivity contribution >= 4 is 28.3 Å². The molecular formula is C17H19N3O3S. The van der Waals surface area contributed by atoms with Crippen molar-refractivity contribution < 1.29 is 14.3 Å². The minimum atomic E-state index is -0.525. The zero-order valence-electron chi connectivity index (χ0n) is 13.3. The van der Waals surface area contributed by atoms with Crippen LogP contribution in [0.1, 0.15) is 31.9 Å². The van der Waals surface area contributed by atoms with Crippen molar-refractivity contribution in [3.63, 3.8) is 0 Å². The number of nitrogens with two attached hydrogens (primary N) is 1. The van der Waals surface area contributed by atoms with Gasteiger partial charge in [-0.25, -0.2) is 4.79 Å². The lowest BCUT2D eigenvalue weighted by Gasteiger charge is -2.12. The molecule has 1 aliphatic heterocycles. The van der Waals surface area contributed by atoms with Gasteiger partial charge in [0, 0.05) is 11.4 Å². The number of fused-ring (bicyclic) bond motifs is 1. The van der Waals surface area contributed by atoms with Crippen LogP contribution >= 0.6 is 11.3 Å². The van der Waals surface area contributed by atoms with E-state index in [2.05, 4.69) is 10.6 Å². The van der Waals surface area contributed by atoms with E-state index in [0.717, 1.165) is 16.0 Å². The van der Waals surface area contributed by atoms with Crippen molar-refractivity contribution in [3.8, 4) is 0 Å². The highest BCUT2D eigenvalue weighted by Gasteiger charge is 2.25. The number of hydrogen-bond donors (Lipinski definition) is 3. The maximum absolute atomic E-state index is 12.1. The van der Waals surface area contributed by atoms with Crippen LogP contribution in [-0.4, -0.2) is 18.5 Å². The van der Waals surface area contributed by atoms with Gasteiger partial charge < -0.3 is 15.8 Å². The first-order valence-corrected chi connectivity index (χ1v) is 8.48. The van der Waals surface area contributed by atoms with E-state index < -0.39 is 5.91 Å². The van der Waals surface area contributed by atoms with Gasteiger partial charge in [-0.05, 0) is 24.5 Å². The average Bonchev–Trinajstić information content (AvgIpc) is 2.92. The fourth-order valence-electron chi connectivity index (χ4n) is 2.62. The van der Waals surface area contributed by atoms with Crippen LogP contribution in [0.2, 0.25) is 0 Å². The van der Waals surface area contributed by atoms with Gasteiger partial charge in [0.15, 0.2) is 0 Å². The van der Waals surface area contributed by atoms with Crippen LogP contribution in [0.15, 0.2) is 24.3 Å². The molecular weight excluding hydrogens is 326 g/mol. The van der Waals surface area contributed by atoms with E-state index in [4.69, 9.17) is 10.5 Å². The number of primary amides is 1. The number of anilines is 1. The van der Waals surface area contributed by atoms with E-state index in [1.165, 1.54) is 16.9 Å². The van der Waals surface area contributed by atoms with E-state index >= 15 is 0 Å². The first kappa shape index (κ1) is 16.5. The summed E-state index contributed by atoms with van der Waals surface area (Å²) in [6.07, 6.45) is 0.636. The van der Waals surface area contributed by atoms with E-state index in [-0.39, 0.29) is 6.03 Å². The molecule has 126 valence electrons. The number of rotatable bonds is 4. The van der Waals surface area contributed by atoms with Gasteiger partial charge in [0.25, 0.3) is 5.91 Å². The molecule has 1 aliphatic rings. The smallest absolute Gasteiger partial charge is 0.320 e. The molecule has 24 heavy (non-hydrogen) atoms. The molecule has 0 aliphatic carbocycles. The molecule has 4 N–H and O–H groups in total. The van der Waals surface area contributed by atoms with Gasteiger partial charge in [0.05, 0.1) is 18.8 Å². The molecule has 3 amide bonds. The Morgan fingerprint density at radius 2 is 2.04 bits per heavy atom. The Kier molecular flexibility index (Phi) is 4.82. The minimum absolute atomic E-state index is 0.363. The van der Waals surface area contributed by atoms with Crippen molar-refractivity contribution in [2.75, 3.05) is 11.9 Å². The third-order valence-corrected chi connectivity index (χ3v) is 4.99. The zero-order chi connectivity index (χ0) is 17.1. The second kappa shape index (κ2) is 7.02. The summed E-state index contributed by atoms with van der Waals surface area (Å²) >= 11 is 1.34. The van der Waals surface area contributed by atoms with Crippen LogP contribution < -0.4 is 16.4 Å². The van der Waals surface area contributed by atoms with Crippen molar-refractivity contribution in [1.29, 1.82) is 0 Å². The van der Waals surface area contributed by atoms with E-state index in [1.807, 2.05) is 31.2 Å². The van der Waals surface area contributed by atoms with Gasteiger partial charge >= 0.3 is 6.03 Å². The molecule has 2 heterocycles. The number of ether oxygens (including phenoxy) is 1. The highest BCUT2D eigenvalue weighted by molar-refractivity contribution is 7.17. The first-order valence-electron chi connectivity index (χ1n) is 7.67. The maximum Gasteiger partial charge on any atom is 0.320 e. The van der Waals surface area contributed by atoms with E-state index in [9.17, 15) is 9.59 Å². The quantitative estimate of drug-likeness (QED) is 0.795. The Hall–Kier alpha value is -2.38. The number of benzene rings is 1. The predicted molar refractivity (Wildman–Crippen MR) is 93.2 cm³/mol. The monoisotopic (exact) mass is 345 g/mol. The van der Waals surface area contributed by atoms with Crippen LogP contribution in [0.4, 0.5) is 9.80 Å². The maximum atomic E-state index is 12.1. The molecule has 0 atom stereocenters. The standard InChI is InChI=1S/C17H19N3O3S/c1-10-2-4-11(5-3-10)8-19-17(22)20-16-14(15(18)21)12-6-7-23-9-13(12)24-16/h2-5H,6-9H2,1H3,(H2,18,21)(H2,19,20,22). The van der Waals surface area contributed by atoms with Crippen molar-refractivity contribution in [2.45, 2.75) is 26.5 Å². The summed E-state index contributed by atoms with van der Waals surface area (Å²) < 4.78 is 5.39. The van der Waals surface area contributed by atoms with Crippen LogP contribution in [0.25, 0.3) is 0 Å². The number of amides is 3. The van der Waals surface area contributed by atoms with Gasteiger partial charge in [-0.1, -0.05) is 29.8 Å². The lowest BCUT2D eigenvalue weighted by Crippen LogP contribution is -2.29. The molecule has 3 rings (SSSR count). The molecule has 0 fully saturated rings. The van der Waals surface area contributed by atoms with Gasteiger partial charge in [-0.2, -0.15) is 0 Å². The van der Waals surface area contributed by atoms with Crippen LogP contribution in [0.5, 0.6) is 0 Å². The summed E-state index contributed by atoms with van der Waals surface area (Å²) in [5.41, 5.74) is 8.97. The second-order valence-electron chi connectivity index (χ2n) is 5.67. The third-order valence-electron chi connectivity index (χ3n) is 3.87. The van der Waals surface area contributed by atoms with Crippen molar-refractivity contribution in [2.24, 2.45) is 5.73 Å². The Bertz CT molecular complexity index is 768. The molecule has 6 nitrogen and oxygen atoms in total. The summed E-state index contributed by atoms with van der Waals surface area (Å²) in [5.74, 6) is -0.525. The molecule has 1 aromatic heterocycles. The van der Waals surface area contributed by atoms with Crippen LogP contribution in [0.3, 0.4) is 0 Å². The zero-order valence-corrected chi connectivity index (χ0v) is 14.2. The lowest BCUT2D eigenvalue weighted by atomic mass is 10.1. The largest absolute Gasteiger partial charge is 0.376 e. The van der Waals surface area contributed by atoms with E-state index in [0.29, 0.717) is 36.7 Å². The van der Waals surface area contributed by atoms with Gasteiger partial charge in [0.1, 0.15) is 5.00 Å². The Morgan fingerprint density at radius 3 is 2.75 bits per heavy atom. The summed E-state index contributed by atoms with van der Waals surface area (Å²) in [5, 5.41) is 6.02. The average molecular weight is 345 g/mol. The summed E-state index contributed by atoms with van der Waals surface area (Å²) in [4.78, 5) is 24.9. The molecule has 0 saturated carbocycles. The highest BCUT2D eigenvalue weighted by Crippen LogP contribution is 2.36. The molecule has 7 heteroatoms. The third kappa shape index (κ3) is 3.58. The summed E-state index contributed by atoms with van der Waals surface area (Å²) in [6.45, 7) is 3.43. The fraction of sp³-hybridized carbons (Fsp3) is 0.294. The van der Waals surface area contributed by atoms with Gasteiger partial charge in [-0.3, -0.25) is 10.1 Å². The second-order valence-corrected chi connectivity index (χ2v) is 6.77. The number of thiophene rings is 1. The topological polar surface area (TPSA) is 93.5 Å². The Labute approximate surface area is 144 Å². The van der Waals surface area contributed by atoms with Crippen LogP contribution in [-0.2, 0) is 24.3 Å². The molecule has 0 saturated heterocycles. The molecule has 0 bridgehead atoms. The van der Waals surface area contributed by atoms with Crippen molar-refractivity contribution in [1.82, 2.24) is 5.32 Å².